The molecule has 2 saturated heterocycles. The number of carbonyl (C=O) groups is 1. The second kappa shape index (κ2) is 8.79. The van der Waals surface area contributed by atoms with Gasteiger partial charge in [0.05, 0.1) is 5.92 Å². The maximum absolute atomic E-state index is 13.4. The van der Waals surface area contributed by atoms with E-state index in [1.54, 1.807) is 12.1 Å². The zero-order valence-electron chi connectivity index (χ0n) is 15.9. The molecule has 3 heterocycles. The van der Waals surface area contributed by atoms with Crippen molar-refractivity contribution >= 4 is 5.91 Å². The number of rotatable bonds is 5. The first-order valence-corrected chi connectivity index (χ1v) is 9.99. The van der Waals surface area contributed by atoms with Crippen LogP contribution >= 0.6 is 0 Å². The minimum Gasteiger partial charge on any atom is -0.340 e. The fraction of sp³-hybridized carbons (Fsp3) is 0.550. The molecule has 28 heavy (non-hydrogen) atoms. The first kappa shape index (κ1) is 19.0. The molecule has 0 radical (unpaired) electrons. The number of piperazine rings is 1. The van der Waals surface area contributed by atoms with Crippen LogP contribution in [0.3, 0.4) is 0 Å². The Kier molecular flexibility index (Phi) is 5.97. The van der Waals surface area contributed by atoms with Gasteiger partial charge in [-0.15, -0.1) is 0 Å². The highest BCUT2D eigenvalue weighted by Crippen LogP contribution is 2.27. The van der Waals surface area contributed by atoms with Gasteiger partial charge in [-0.2, -0.15) is 4.98 Å². The van der Waals surface area contributed by atoms with Crippen LogP contribution < -0.4 is 5.32 Å². The van der Waals surface area contributed by atoms with Gasteiger partial charge in [-0.25, -0.2) is 4.39 Å². The molecule has 0 saturated carbocycles. The smallest absolute Gasteiger partial charge is 0.231 e. The minimum atomic E-state index is -0.318. The summed E-state index contributed by atoms with van der Waals surface area (Å²) in [4.78, 5) is 21.1. The van der Waals surface area contributed by atoms with Crippen molar-refractivity contribution in [3.05, 3.63) is 36.0 Å². The van der Waals surface area contributed by atoms with Gasteiger partial charge in [0.15, 0.2) is 0 Å². The molecule has 1 atom stereocenters. The first-order valence-electron chi connectivity index (χ1n) is 9.99. The molecular formula is C20H26FN5O2. The number of aromatic nitrogens is 2. The molecule has 7 nitrogen and oxygen atoms in total. The van der Waals surface area contributed by atoms with E-state index in [9.17, 15) is 9.18 Å². The number of benzene rings is 1. The highest BCUT2D eigenvalue weighted by Gasteiger charge is 2.27. The fourth-order valence-corrected chi connectivity index (χ4v) is 3.93. The first-order chi connectivity index (χ1) is 13.7. The Morgan fingerprint density at radius 2 is 2.14 bits per heavy atom. The standard InChI is InChI=1S/C20H26FN5O2/c21-17-5-1-3-15(13-17)19-23-20(28-24-19)16-4-2-9-25(14-16)10-6-18(27)26-11-7-22-8-12-26/h1,3,5,13,16,22H,2,4,6-12,14H2. The lowest BCUT2D eigenvalue weighted by molar-refractivity contribution is -0.132. The van der Waals surface area contributed by atoms with E-state index in [1.165, 1.54) is 12.1 Å². The van der Waals surface area contributed by atoms with Crippen LogP contribution in [-0.2, 0) is 4.79 Å². The molecule has 2 aliphatic heterocycles. The summed E-state index contributed by atoms with van der Waals surface area (Å²) in [5, 5.41) is 7.29. The number of hydrogen-bond donors (Lipinski definition) is 1. The van der Waals surface area contributed by atoms with E-state index in [4.69, 9.17) is 4.52 Å². The van der Waals surface area contributed by atoms with Gasteiger partial charge < -0.3 is 19.6 Å². The Balaban J connectivity index is 1.33. The highest BCUT2D eigenvalue weighted by molar-refractivity contribution is 5.76. The number of hydrogen-bond acceptors (Lipinski definition) is 6. The molecule has 150 valence electrons. The van der Waals surface area contributed by atoms with Crippen molar-refractivity contribution in [1.82, 2.24) is 25.3 Å². The maximum Gasteiger partial charge on any atom is 0.231 e. The lowest BCUT2D eigenvalue weighted by Crippen LogP contribution is -2.47. The van der Waals surface area contributed by atoms with Crippen molar-refractivity contribution in [2.24, 2.45) is 0 Å². The van der Waals surface area contributed by atoms with Gasteiger partial charge in [0.25, 0.3) is 0 Å². The summed E-state index contributed by atoms with van der Waals surface area (Å²) in [5.41, 5.74) is 0.615. The Morgan fingerprint density at radius 1 is 1.29 bits per heavy atom. The largest absolute Gasteiger partial charge is 0.340 e. The molecule has 1 aromatic heterocycles. The second-order valence-corrected chi connectivity index (χ2v) is 7.49. The molecule has 1 N–H and O–H groups in total. The molecule has 0 aliphatic carbocycles. The van der Waals surface area contributed by atoms with Gasteiger partial charge in [-0.3, -0.25) is 4.79 Å². The van der Waals surface area contributed by atoms with Crippen molar-refractivity contribution in [2.75, 3.05) is 45.8 Å². The summed E-state index contributed by atoms with van der Waals surface area (Å²) >= 11 is 0. The third-order valence-electron chi connectivity index (χ3n) is 5.49. The third-order valence-corrected chi connectivity index (χ3v) is 5.49. The average molecular weight is 387 g/mol. The molecule has 0 bridgehead atoms. The summed E-state index contributed by atoms with van der Waals surface area (Å²) in [6, 6.07) is 6.21. The van der Waals surface area contributed by atoms with E-state index in [2.05, 4.69) is 20.4 Å². The summed E-state index contributed by atoms with van der Waals surface area (Å²) in [7, 11) is 0. The van der Waals surface area contributed by atoms with Gasteiger partial charge in [-0.1, -0.05) is 17.3 Å². The Morgan fingerprint density at radius 3 is 2.96 bits per heavy atom. The molecule has 2 aromatic rings. The highest BCUT2D eigenvalue weighted by atomic mass is 19.1. The Bertz CT molecular complexity index is 805. The topological polar surface area (TPSA) is 74.5 Å². The average Bonchev–Trinajstić information content (AvgIpc) is 3.23. The van der Waals surface area contributed by atoms with Crippen LogP contribution in [0.15, 0.2) is 28.8 Å². The lowest BCUT2D eigenvalue weighted by atomic mass is 9.98. The zero-order valence-corrected chi connectivity index (χ0v) is 15.9. The number of amides is 1. The molecule has 4 rings (SSSR count). The summed E-state index contributed by atoms with van der Waals surface area (Å²) in [6.45, 7) is 5.89. The molecule has 1 aromatic carbocycles. The fourth-order valence-electron chi connectivity index (χ4n) is 3.93. The predicted octanol–water partition coefficient (Wildman–Crippen LogP) is 1.88. The maximum atomic E-state index is 13.4. The van der Waals surface area contributed by atoms with Crippen LogP contribution in [0.5, 0.6) is 0 Å². The van der Waals surface area contributed by atoms with Crippen LogP contribution in [-0.4, -0.2) is 71.7 Å². The number of nitrogens with zero attached hydrogens (tertiary/aromatic N) is 4. The molecule has 0 spiro atoms. The third kappa shape index (κ3) is 4.56. The summed E-state index contributed by atoms with van der Waals surface area (Å²) in [6.07, 6.45) is 2.56. The molecule has 1 amide bonds. The number of halogens is 1. The number of carbonyl (C=O) groups excluding carboxylic acids is 1. The Labute approximate surface area is 163 Å². The van der Waals surface area contributed by atoms with Gasteiger partial charge in [-0.05, 0) is 31.5 Å². The van der Waals surface area contributed by atoms with Crippen molar-refractivity contribution < 1.29 is 13.7 Å². The van der Waals surface area contributed by atoms with Crippen LogP contribution in [0.25, 0.3) is 11.4 Å². The molecule has 8 heteroatoms. The van der Waals surface area contributed by atoms with E-state index < -0.39 is 0 Å². The molecular weight excluding hydrogens is 361 g/mol. The lowest BCUT2D eigenvalue weighted by Gasteiger charge is -2.32. The molecule has 1 unspecified atom stereocenters. The minimum absolute atomic E-state index is 0.151. The van der Waals surface area contributed by atoms with Crippen LogP contribution in [0, 0.1) is 5.82 Å². The van der Waals surface area contributed by atoms with Gasteiger partial charge >= 0.3 is 0 Å². The number of likely N-dealkylation sites (tertiary alicyclic amines) is 1. The van der Waals surface area contributed by atoms with Crippen molar-refractivity contribution in [2.45, 2.75) is 25.2 Å². The van der Waals surface area contributed by atoms with Crippen LogP contribution in [0.1, 0.15) is 31.1 Å². The summed E-state index contributed by atoms with van der Waals surface area (Å²) in [5.74, 6) is 1.08. The number of nitrogens with one attached hydrogen (secondary N) is 1. The van der Waals surface area contributed by atoms with Crippen molar-refractivity contribution in [3.63, 3.8) is 0 Å². The van der Waals surface area contributed by atoms with Gasteiger partial charge in [0.1, 0.15) is 5.82 Å². The van der Waals surface area contributed by atoms with Gasteiger partial charge in [0.2, 0.25) is 17.6 Å². The van der Waals surface area contributed by atoms with E-state index in [0.29, 0.717) is 23.7 Å². The Hall–Kier alpha value is -2.32. The van der Waals surface area contributed by atoms with E-state index in [1.807, 2.05) is 4.90 Å². The van der Waals surface area contributed by atoms with E-state index in [0.717, 1.165) is 58.7 Å². The predicted molar refractivity (Wildman–Crippen MR) is 102 cm³/mol. The van der Waals surface area contributed by atoms with E-state index in [-0.39, 0.29) is 17.6 Å². The zero-order chi connectivity index (χ0) is 19.3. The molecule has 2 aliphatic rings. The number of piperidine rings is 1. The summed E-state index contributed by atoms with van der Waals surface area (Å²) < 4.78 is 18.9. The quantitative estimate of drug-likeness (QED) is 0.844. The molecule has 2 fully saturated rings. The normalized spacial score (nSPS) is 21.0. The van der Waals surface area contributed by atoms with Crippen LogP contribution in [0.4, 0.5) is 4.39 Å². The van der Waals surface area contributed by atoms with E-state index >= 15 is 0 Å². The van der Waals surface area contributed by atoms with Crippen LogP contribution in [0.2, 0.25) is 0 Å². The monoisotopic (exact) mass is 387 g/mol. The van der Waals surface area contributed by atoms with Crippen molar-refractivity contribution in [1.29, 1.82) is 0 Å². The second-order valence-electron chi connectivity index (χ2n) is 7.49. The SMILES string of the molecule is O=C(CCN1CCCC(c2nc(-c3cccc(F)c3)no2)C1)N1CCNCC1. The van der Waals surface area contributed by atoms with Gasteiger partial charge in [0, 0.05) is 51.3 Å². The van der Waals surface area contributed by atoms with Crippen molar-refractivity contribution in [3.8, 4) is 11.4 Å².